The Labute approximate surface area is 94.4 Å². The Balaban J connectivity index is 2.26. The molecule has 1 aliphatic heterocycles. The minimum atomic E-state index is 0.523. The molecule has 1 fully saturated rings. The lowest BCUT2D eigenvalue weighted by atomic mass is 9.92. The van der Waals surface area contributed by atoms with Crippen molar-refractivity contribution in [2.24, 2.45) is 0 Å². The smallest absolute Gasteiger partial charge is 0.0627 e. The van der Waals surface area contributed by atoms with Crippen LogP contribution in [-0.4, -0.2) is 13.1 Å². The molecule has 1 N–H and O–H groups in total. The Hall–Kier alpha value is -0.240. The summed E-state index contributed by atoms with van der Waals surface area (Å²) < 4.78 is 0. The topological polar surface area (TPSA) is 12.0 Å². The molecule has 0 aliphatic carbocycles. The molecular formula is C11H13Cl2N. The van der Waals surface area contributed by atoms with E-state index < -0.39 is 0 Å². The summed E-state index contributed by atoms with van der Waals surface area (Å²) in [5, 5.41) is 4.76. The van der Waals surface area contributed by atoms with Crippen LogP contribution in [0.2, 0.25) is 10.0 Å². The molecular weight excluding hydrogens is 217 g/mol. The summed E-state index contributed by atoms with van der Waals surface area (Å²) in [7, 11) is 0. The van der Waals surface area contributed by atoms with Crippen LogP contribution in [0.1, 0.15) is 24.3 Å². The summed E-state index contributed by atoms with van der Waals surface area (Å²) in [4.78, 5) is 0. The first-order valence-electron chi connectivity index (χ1n) is 4.93. The molecule has 14 heavy (non-hydrogen) atoms. The number of hydrogen-bond acceptors (Lipinski definition) is 1. The van der Waals surface area contributed by atoms with Gasteiger partial charge in [0.1, 0.15) is 0 Å². The molecule has 0 bridgehead atoms. The van der Waals surface area contributed by atoms with Crippen LogP contribution in [0.15, 0.2) is 18.2 Å². The molecule has 76 valence electrons. The van der Waals surface area contributed by atoms with Crippen molar-refractivity contribution in [1.82, 2.24) is 5.32 Å². The van der Waals surface area contributed by atoms with Crippen LogP contribution >= 0.6 is 23.2 Å². The lowest BCUT2D eigenvalue weighted by molar-refractivity contribution is 0.462. The lowest BCUT2D eigenvalue weighted by Crippen LogP contribution is -2.28. The number of halogens is 2. The maximum atomic E-state index is 6.17. The fourth-order valence-electron chi connectivity index (χ4n) is 1.95. The van der Waals surface area contributed by atoms with Gasteiger partial charge in [-0.25, -0.2) is 0 Å². The van der Waals surface area contributed by atoms with E-state index in [1.165, 1.54) is 18.4 Å². The van der Waals surface area contributed by atoms with E-state index in [1.54, 1.807) is 0 Å². The Bertz CT molecular complexity index is 319. The van der Waals surface area contributed by atoms with E-state index in [1.807, 2.05) is 12.1 Å². The first-order chi connectivity index (χ1) is 6.79. The molecule has 0 spiro atoms. The number of nitrogens with one attached hydrogen (secondary N) is 1. The van der Waals surface area contributed by atoms with Gasteiger partial charge in [-0.15, -0.1) is 0 Å². The van der Waals surface area contributed by atoms with Gasteiger partial charge in [0.05, 0.1) is 10.0 Å². The molecule has 1 saturated heterocycles. The number of piperidine rings is 1. The summed E-state index contributed by atoms with van der Waals surface area (Å²) in [6, 6.07) is 5.88. The van der Waals surface area contributed by atoms with Gasteiger partial charge in [-0.3, -0.25) is 0 Å². The molecule has 1 nitrogen and oxygen atoms in total. The van der Waals surface area contributed by atoms with Gasteiger partial charge in [-0.05, 0) is 36.9 Å². The average Bonchev–Trinajstić information content (AvgIpc) is 2.23. The van der Waals surface area contributed by atoms with Crippen molar-refractivity contribution in [1.29, 1.82) is 0 Å². The third kappa shape index (κ3) is 2.05. The Morgan fingerprint density at radius 1 is 1.29 bits per heavy atom. The zero-order valence-electron chi connectivity index (χ0n) is 7.89. The molecule has 0 aromatic heterocycles. The molecule has 1 atom stereocenters. The molecule has 1 aromatic rings. The molecule has 3 heteroatoms. The van der Waals surface area contributed by atoms with Crippen LogP contribution in [-0.2, 0) is 0 Å². The zero-order chi connectivity index (χ0) is 9.97. The second-order valence-electron chi connectivity index (χ2n) is 3.69. The van der Waals surface area contributed by atoms with Crippen molar-refractivity contribution in [3.05, 3.63) is 33.8 Å². The van der Waals surface area contributed by atoms with Crippen LogP contribution in [0.25, 0.3) is 0 Å². The highest BCUT2D eigenvalue weighted by atomic mass is 35.5. The number of rotatable bonds is 1. The van der Waals surface area contributed by atoms with E-state index in [0.29, 0.717) is 10.9 Å². The van der Waals surface area contributed by atoms with Crippen molar-refractivity contribution in [2.75, 3.05) is 13.1 Å². The fourth-order valence-corrected chi connectivity index (χ4v) is 2.42. The average molecular weight is 230 g/mol. The lowest BCUT2D eigenvalue weighted by Gasteiger charge is -2.24. The van der Waals surface area contributed by atoms with Gasteiger partial charge in [0, 0.05) is 6.54 Å². The van der Waals surface area contributed by atoms with Crippen molar-refractivity contribution < 1.29 is 0 Å². The first kappa shape index (κ1) is 10.3. The Kier molecular flexibility index (Phi) is 3.32. The second-order valence-corrected chi connectivity index (χ2v) is 4.47. The predicted molar refractivity (Wildman–Crippen MR) is 61.3 cm³/mol. The van der Waals surface area contributed by atoms with Gasteiger partial charge >= 0.3 is 0 Å². The highest BCUT2D eigenvalue weighted by Gasteiger charge is 2.18. The highest BCUT2D eigenvalue weighted by Crippen LogP contribution is 2.33. The third-order valence-electron chi connectivity index (χ3n) is 2.72. The van der Waals surface area contributed by atoms with E-state index >= 15 is 0 Å². The molecule has 1 aliphatic rings. The summed E-state index contributed by atoms with van der Waals surface area (Å²) in [5.74, 6) is 0.523. The van der Waals surface area contributed by atoms with Gasteiger partial charge in [0.25, 0.3) is 0 Å². The van der Waals surface area contributed by atoms with Crippen molar-refractivity contribution >= 4 is 23.2 Å². The summed E-state index contributed by atoms with van der Waals surface area (Å²) in [6.07, 6.45) is 2.42. The summed E-state index contributed by atoms with van der Waals surface area (Å²) in [5.41, 5.74) is 1.19. The van der Waals surface area contributed by atoms with E-state index in [-0.39, 0.29) is 0 Å². The van der Waals surface area contributed by atoms with Crippen LogP contribution in [0, 0.1) is 0 Å². The normalized spacial score (nSPS) is 22.3. The highest BCUT2D eigenvalue weighted by molar-refractivity contribution is 6.42. The summed E-state index contributed by atoms with van der Waals surface area (Å²) in [6.45, 7) is 2.13. The quantitative estimate of drug-likeness (QED) is 0.778. The van der Waals surface area contributed by atoms with Gasteiger partial charge in [-0.1, -0.05) is 35.3 Å². The molecule has 1 heterocycles. The van der Waals surface area contributed by atoms with Gasteiger partial charge in [0.15, 0.2) is 0 Å². The van der Waals surface area contributed by atoms with E-state index in [9.17, 15) is 0 Å². The Morgan fingerprint density at radius 3 is 2.86 bits per heavy atom. The molecule has 0 amide bonds. The van der Waals surface area contributed by atoms with Crippen LogP contribution < -0.4 is 5.32 Å². The van der Waals surface area contributed by atoms with Crippen LogP contribution in [0.4, 0.5) is 0 Å². The van der Waals surface area contributed by atoms with E-state index in [0.717, 1.165) is 18.1 Å². The second kappa shape index (κ2) is 4.52. The third-order valence-corrected chi connectivity index (χ3v) is 3.55. The van der Waals surface area contributed by atoms with E-state index in [4.69, 9.17) is 23.2 Å². The Morgan fingerprint density at radius 2 is 2.14 bits per heavy atom. The largest absolute Gasteiger partial charge is 0.316 e. The monoisotopic (exact) mass is 229 g/mol. The van der Waals surface area contributed by atoms with Crippen LogP contribution in [0.3, 0.4) is 0 Å². The molecule has 0 saturated carbocycles. The fraction of sp³-hybridized carbons (Fsp3) is 0.455. The molecule has 1 aromatic carbocycles. The van der Waals surface area contributed by atoms with Crippen molar-refractivity contribution in [2.45, 2.75) is 18.8 Å². The van der Waals surface area contributed by atoms with E-state index in [2.05, 4.69) is 11.4 Å². The molecule has 2 rings (SSSR count). The molecule has 0 radical (unpaired) electrons. The van der Waals surface area contributed by atoms with Gasteiger partial charge in [0.2, 0.25) is 0 Å². The standard InChI is InChI=1S/C11H13Cl2N/c12-10-5-1-4-9(11(10)13)8-3-2-6-14-7-8/h1,4-5,8,14H,2-3,6-7H2/t8-/m1/s1. The number of benzene rings is 1. The SMILES string of the molecule is Clc1cccc([C@@H]2CCCNC2)c1Cl. The predicted octanol–water partition coefficient (Wildman–Crippen LogP) is 3.46. The first-order valence-corrected chi connectivity index (χ1v) is 5.69. The number of hydrogen-bond donors (Lipinski definition) is 1. The van der Waals surface area contributed by atoms with Gasteiger partial charge < -0.3 is 5.32 Å². The van der Waals surface area contributed by atoms with Gasteiger partial charge in [-0.2, -0.15) is 0 Å². The van der Waals surface area contributed by atoms with Crippen molar-refractivity contribution in [3.63, 3.8) is 0 Å². The molecule has 0 unspecified atom stereocenters. The van der Waals surface area contributed by atoms with Crippen LogP contribution in [0.5, 0.6) is 0 Å². The minimum absolute atomic E-state index is 0.523. The zero-order valence-corrected chi connectivity index (χ0v) is 9.41. The maximum absolute atomic E-state index is 6.17. The minimum Gasteiger partial charge on any atom is -0.316 e. The maximum Gasteiger partial charge on any atom is 0.0627 e. The van der Waals surface area contributed by atoms with Crippen molar-refractivity contribution in [3.8, 4) is 0 Å². The summed E-state index contributed by atoms with van der Waals surface area (Å²) >= 11 is 12.1.